The van der Waals surface area contributed by atoms with Crippen molar-refractivity contribution in [1.82, 2.24) is 15.1 Å². The van der Waals surface area contributed by atoms with Gasteiger partial charge in [-0.05, 0) is 32.4 Å². The third kappa shape index (κ3) is 4.04. The molecule has 0 aromatic heterocycles. The van der Waals surface area contributed by atoms with Gasteiger partial charge in [0, 0.05) is 19.1 Å². The van der Waals surface area contributed by atoms with E-state index in [0.29, 0.717) is 6.42 Å². The number of carbonyl (C=O) groups excluding carboxylic acids is 2. The largest absolute Gasteiger partial charge is 0.309 e. The van der Waals surface area contributed by atoms with Crippen molar-refractivity contribution in [2.75, 3.05) is 27.2 Å². The number of amides is 2. The lowest BCUT2D eigenvalue weighted by molar-refractivity contribution is -0.141. The van der Waals surface area contributed by atoms with Crippen LogP contribution in [0, 0.1) is 5.41 Å². The molecule has 0 bridgehead atoms. The predicted octanol–water partition coefficient (Wildman–Crippen LogP) is 1.23. The van der Waals surface area contributed by atoms with Crippen molar-refractivity contribution in [3.63, 3.8) is 0 Å². The van der Waals surface area contributed by atoms with Crippen molar-refractivity contribution in [3.8, 4) is 0 Å². The lowest BCUT2D eigenvalue weighted by atomic mass is 9.92. The molecule has 5 nitrogen and oxygen atoms in total. The molecule has 1 atom stereocenters. The van der Waals surface area contributed by atoms with Crippen LogP contribution >= 0.6 is 0 Å². The molecule has 2 rings (SSSR count). The third-order valence-electron chi connectivity index (χ3n) is 4.44. The summed E-state index contributed by atoms with van der Waals surface area (Å²) in [6.45, 7) is 6.04. The van der Waals surface area contributed by atoms with E-state index in [4.69, 9.17) is 0 Å². The first kappa shape index (κ1) is 16.4. The summed E-state index contributed by atoms with van der Waals surface area (Å²) >= 11 is 0. The van der Waals surface area contributed by atoms with Gasteiger partial charge < -0.3 is 10.2 Å². The monoisotopic (exact) mass is 295 g/mol. The van der Waals surface area contributed by atoms with Gasteiger partial charge in [0.15, 0.2) is 0 Å². The summed E-state index contributed by atoms with van der Waals surface area (Å²) in [6.07, 6.45) is 4.56. The van der Waals surface area contributed by atoms with Crippen LogP contribution in [0.2, 0.25) is 0 Å². The van der Waals surface area contributed by atoms with E-state index in [-0.39, 0.29) is 29.3 Å². The average Bonchev–Trinajstić information content (AvgIpc) is 2.94. The van der Waals surface area contributed by atoms with Crippen LogP contribution in [0.15, 0.2) is 0 Å². The number of imide groups is 1. The third-order valence-corrected chi connectivity index (χ3v) is 4.44. The summed E-state index contributed by atoms with van der Waals surface area (Å²) in [7, 11) is 4.10. The number of carbonyl (C=O) groups is 2. The molecule has 1 aliphatic heterocycles. The molecule has 1 N–H and O–H groups in total. The second-order valence-corrected chi connectivity index (χ2v) is 7.58. The maximum absolute atomic E-state index is 12.5. The first-order chi connectivity index (χ1) is 9.80. The number of nitrogens with one attached hydrogen (secondary N) is 1. The van der Waals surface area contributed by atoms with Crippen LogP contribution in [-0.2, 0) is 9.59 Å². The number of hydrogen-bond donors (Lipinski definition) is 1. The van der Waals surface area contributed by atoms with Gasteiger partial charge in [0.05, 0.1) is 12.5 Å². The highest BCUT2D eigenvalue weighted by atomic mass is 16.2. The SMILES string of the molecule is CN(C)CC(C)(C)CNC1CC(=O)N(C2CCCC2)C1=O. The van der Waals surface area contributed by atoms with Crippen LogP contribution in [0.1, 0.15) is 46.0 Å². The van der Waals surface area contributed by atoms with Crippen LogP contribution in [0.25, 0.3) is 0 Å². The second-order valence-electron chi connectivity index (χ2n) is 7.58. The summed E-state index contributed by atoms with van der Waals surface area (Å²) < 4.78 is 0. The number of hydrogen-bond acceptors (Lipinski definition) is 4. The van der Waals surface area contributed by atoms with Crippen LogP contribution in [0.3, 0.4) is 0 Å². The van der Waals surface area contributed by atoms with Gasteiger partial charge in [0.25, 0.3) is 0 Å². The lowest BCUT2D eigenvalue weighted by Gasteiger charge is -2.29. The Balaban J connectivity index is 1.90. The molecular weight excluding hydrogens is 266 g/mol. The van der Waals surface area contributed by atoms with Crippen LogP contribution in [0.5, 0.6) is 0 Å². The number of nitrogens with zero attached hydrogens (tertiary/aromatic N) is 2. The maximum Gasteiger partial charge on any atom is 0.247 e. The van der Waals surface area contributed by atoms with Crippen molar-refractivity contribution in [1.29, 1.82) is 0 Å². The molecule has 1 unspecified atom stereocenters. The molecule has 0 aromatic rings. The van der Waals surface area contributed by atoms with Crippen molar-refractivity contribution < 1.29 is 9.59 Å². The van der Waals surface area contributed by atoms with E-state index in [1.54, 1.807) is 4.90 Å². The Bertz CT molecular complexity index is 400. The molecule has 0 aromatic carbocycles. The molecule has 0 radical (unpaired) electrons. The highest BCUT2D eigenvalue weighted by molar-refractivity contribution is 6.05. The first-order valence-electron chi connectivity index (χ1n) is 8.04. The summed E-state index contributed by atoms with van der Waals surface area (Å²) in [5, 5.41) is 3.32. The molecule has 1 saturated heterocycles. The molecule has 0 spiro atoms. The standard InChI is InChI=1S/C16H29N3O2/c1-16(2,11-18(3)4)10-17-13-9-14(20)19(15(13)21)12-7-5-6-8-12/h12-13,17H,5-11H2,1-4H3. The fourth-order valence-corrected chi connectivity index (χ4v) is 3.67. The molecule has 1 heterocycles. The summed E-state index contributed by atoms with van der Waals surface area (Å²) in [6, 6.07) is -0.161. The van der Waals surface area contributed by atoms with Crippen molar-refractivity contribution >= 4 is 11.8 Å². The van der Waals surface area contributed by atoms with Gasteiger partial charge in [-0.25, -0.2) is 0 Å². The molecule has 2 amide bonds. The summed E-state index contributed by atoms with van der Waals surface area (Å²) in [5.41, 5.74) is 0.0770. The highest BCUT2D eigenvalue weighted by Crippen LogP contribution is 2.28. The molecule has 5 heteroatoms. The Morgan fingerprint density at radius 3 is 2.43 bits per heavy atom. The highest BCUT2D eigenvalue weighted by Gasteiger charge is 2.43. The number of likely N-dealkylation sites (tertiary alicyclic amines) is 1. The average molecular weight is 295 g/mol. The zero-order valence-electron chi connectivity index (χ0n) is 13.8. The van der Waals surface area contributed by atoms with Gasteiger partial charge in [-0.15, -0.1) is 0 Å². The molecule has 120 valence electrons. The van der Waals surface area contributed by atoms with E-state index < -0.39 is 0 Å². The van der Waals surface area contributed by atoms with Gasteiger partial charge in [-0.2, -0.15) is 0 Å². The van der Waals surface area contributed by atoms with Crippen molar-refractivity contribution in [2.24, 2.45) is 5.41 Å². The van der Waals surface area contributed by atoms with Crippen LogP contribution < -0.4 is 5.32 Å². The Morgan fingerprint density at radius 2 is 1.86 bits per heavy atom. The predicted molar refractivity (Wildman–Crippen MR) is 82.9 cm³/mol. The van der Waals surface area contributed by atoms with Gasteiger partial charge in [-0.1, -0.05) is 26.7 Å². The van der Waals surface area contributed by atoms with Crippen LogP contribution in [-0.4, -0.2) is 60.9 Å². The van der Waals surface area contributed by atoms with Crippen molar-refractivity contribution in [3.05, 3.63) is 0 Å². The molecular formula is C16H29N3O2. The molecule has 21 heavy (non-hydrogen) atoms. The van der Waals surface area contributed by atoms with E-state index >= 15 is 0 Å². The maximum atomic E-state index is 12.5. The lowest BCUT2D eigenvalue weighted by Crippen LogP contribution is -2.46. The molecule has 2 fully saturated rings. The Labute approximate surface area is 128 Å². The second kappa shape index (κ2) is 6.44. The normalized spacial score (nSPS) is 24.6. The van der Waals surface area contributed by atoms with E-state index in [2.05, 4.69) is 24.1 Å². The summed E-state index contributed by atoms with van der Waals surface area (Å²) in [4.78, 5) is 28.3. The minimum absolute atomic E-state index is 0.00690. The molecule has 1 saturated carbocycles. The Morgan fingerprint density at radius 1 is 1.24 bits per heavy atom. The zero-order chi connectivity index (χ0) is 15.6. The van der Waals surface area contributed by atoms with E-state index in [1.165, 1.54) is 0 Å². The van der Waals surface area contributed by atoms with Gasteiger partial charge in [-0.3, -0.25) is 14.5 Å². The Hall–Kier alpha value is -0.940. The summed E-state index contributed by atoms with van der Waals surface area (Å²) in [5.74, 6) is 0.00219. The van der Waals surface area contributed by atoms with Gasteiger partial charge in [0.2, 0.25) is 11.8 Å². The quantitative estimate of drug-likeness (QED) is 0.749. The topological polar surface area (TPSA) is 52.7 Å². The fraction of sp³-hybridized carbons (Fsp3) is 0.875. The molecule has 2 aliphatic rings. The zero-order valence-corrected chi connectivity index (χ0v) is 13.8. The van der Waals surface area contributed by atoms with Gasteiger partial charge >= 0.3 is 0 Å². The van der Waals surface area contributed by atoms with Crippen LogP contribution in [0.4, 0.5) is 0 Å². The van der Waals surface area contributed by atoms with Crippen molar-refractivity contribution in [2.45, 2.75) is 58.0 Å². The van der Waals surface area contributed by atoms with E-state index in [1.807, 2.05) is 14.1 Å². The smallest absolute Gasteiger partial charge is 0.247 e. The van der Waals surface area contributed by atoms with Gasteiger partial charge in [0.1, 0.15) is 0 Å². The fourth-order valence-electron chi connectivity index (χ4n) is 3.67. The van der Waals surface area contributed by atoms with E-state index in [9.17, 15) is 9.59 Å². The Kier molecular flexibility index (Phi) is 5.04. The first-order valence-corrected chi connectivity index (χ1v) is 8.04. The minimum atomic E-state index is -0.320. The number of rotatable bonds is 6. The van der Waals surface area contributed by atoms with E-state index in [0.717, 1.165) is 38.8 Å². The molecule has 1 aliphatic carbocycles. The minimum Gasteiger partial charge on any atom is -0.309 e.